The highest BCUT2D eigenvalue weighted by Crippen LogP contribution is 2.51. The number of hydrogen-bond donors (Lipinski definition) is 0. The van der Waals surface area contributed by atoms with Crippen LogP contribution in [0, 0.1) is 5.41 Å². The number of ether oxygens (including phenoxy) is 2. The Balaban J connectivity index is 1.59. The maximum Gasteiger partial charge on any atom is 0.359 e. The molecule has 1 aliphatic carbocycles. The summed E-state index contributed by atoms with van der Waals surface area (Å²) in [5.74, 6) is -3.24. The van der Waals surface area contributed by atoms with E-state index in [1.807, 2.05) is 0 Å². The van der Waals surface area contributed by atoms with Gasteiger partial charge in [0, 0.05) is 11.3 Å². The highest BCUT2D eigenvalue weighted by Gasteiger charge is 2.49. The second kappa shape index (κ2) is 6.26. The molecule has 4 rings (SSSR count). The first-order chi connectivity index (χ1) is 12.6. The lowest BCUT2D eigenvalue weighted by Crippen LogP contribution is -2.34. The topological polar surface area (TPSA) is 53.3 Å². The molecule has 3 heterocycles. The van der Waals surface area contributed by atoms with Crippen molar-refractivity contribution in [1.82, 2.24) is 9.78 Å². The van der Waals surface area contributed by atoms with Gasteiger partial charge in [-0.2, -0.15) is 5.10 Å². The average Bonchev–Trinajstić information content (AvgIpc) is 3.16. The van der Waals surface area contributed by atoms with Gasteiger partial charge in [0.1, 0.15) is 6.54 Å². The summed E-state index contributed by atoms with van der Waals surface area (Å²) >= 11 is 0. The number of fused-ring (bicyclic) bond motifs is 1. The van der Waals surface area contributed by atoms with Crippen LogP contribution in [0.4, 0.5) is 8.78 Å². The molecule has 150 valence electrons. The number of carbonyl (C=O) groups is 1. The number of alkyl halides is 2. The first-order valence-corrected chi connectivity index (χ1v) is 9.92. The molecular formula is C20H28F2N2O3. The fourth-order valence-electron chi connectivity index (χ4n) is 5.20. The molecule has 1 spiro atoms. The predicted octanol–water partition coefficient (Wildman–Crippen LogP) is 4.09. The van der Waals surface area contributed by atoms with E-state index in [1.165, 1.54) is 4.68 Å². The zero-order valence-electron chi connectivity index (χ0n) is 16.3. The predicted molar refractivity (Wildman–Crippen MR) is 95.1 cm³/mol. The Morgan fingerprint density at radius 1 is 1.33 bits per heavy atom. The lowest BCUT2D eigenvalue weighted by atomic mass is 9.71. The van der Waals surface area contributed by atoms with E-state index in [2.05, 4.69) is 18.9 Å². The van der Waals surface area contributed by atoms with Gasteiger partial charge in [-0.3, -0.25) is 4.68 Å². The normalized spacial score (nSPS) is 31.2. The first-order valence-electron chi connectivity index (χ1n) is 9.92. The Morgan fingerprint density at radius 2 is 2.04 bits per heavy atom. The van der Waals surface area contributed by atoms with Gasteiger partial charge in [0.25, 0.3) is 5.92 Å². The monoisotopic (exact) mass is 382 g/mol. The van der Waals surface area contributed by atoms with Crippen LogP contribution in [-0.2, 0) is 22.4 Å². The number of carbonyl (C=O) groups excluding carboxylic acids is 1. The SMILES string of the molecule is CCOC(=O)c1nn2c(c1C1CCC3(CC1)CC(C)(C)CO3)CC(F)(F)C2. The summed E-state index contributed by atoms with van der Waals surface area (Å²) in [4.78, 5) is 12.4. The molecule has 1 saturated carbocycles. The van der Waals surface area contributed by atoms with Crippen LogP contribution in [0.1, 0.15) is 80.5 Å². The molecule has 0 N–H and O–H groups in total. The lowest BCUT2D eigenvalue weighted by molar-refractivity contribution is -0.0295. The molecule has 2 fully saturated rings. The molecule has 1 aromatic rings. The van der Waals surface area contributed by atoms with Gasteiger partial charge in [0.05, 0.1) is 25.2 Å². The van der Waals surface area contributed by atoms with Crippen molar-refractivity contribution < 1.29 is 23.0 Å². The maximum absolute atomic E-state index is 13.9. The lowest BCUT2D eigenvalue weighted by Gasteiger charge is -2.37. The summed E-state index contributed by atoms with van der Waals surface area (Å²) in [6, 6.07) is 0. The fraction of sp³-hybridized carbons (Fsp3) is 0.800. The van der Waals surface area contributed by atoms with Crippen molar-refractivity contribution >= 4 is 5.97 Å². The van der Waals surface area contributed by atoms with Crippen molar-refractivity contribution in [3.05, 3.63) is 17.0 Å². The molecule has 0 amide bonds. The van der Waals surface area contributed by atoms with Gasteiger partial charge in [0.15, 0.2) is 5.69 Å². The number of aromatic nitrogens is 2. The number of nitrogens with zero attached hydrogens (tertiary/aromatic N) is 2. The molecule has 0 atom stereocenters. The molecule has 0 bridgehead atoms. The smallest absolute Gasteiger partial charge is 0.359 e. The molecule has 3 aliphatic rings. The molecule has 1 aromatic heterocycles. The summed E-state index contributed by atoms with van der Waals surface area (Å²) in [5.41, 5.74) is 1.53. The van der Waals surface area contributed by atoms with E-state index in [0.29, 0.717) is 11.3 Å². The molecule has 0 radical (unpaired) electrons. The molecule has 2 aliphatic heterocycles. The van der Waals surface area contributed by atoms with Crippen molar-refractivity contribution in [3.8, 4) is 0 Å². The van der Waals surface area contributed by atoms with E-state index in [4.69, 9.17) is 9.47 Å². The molecule has 7 heteroatoms. The van der Waals surface area contributed by atoms with E-state index in [-0.39, 0.29) is 35.7 Å². The Hall–Kier alpha value is -1.50. The van der Waals surface area contributed by atoms with Gasteiger partial charge in [-0.25, -0.2) is 13.6 Å². The minimum Gasteiger partial charge on any atom is -0.461 e. The number of esters is 1. The number of rotatable bonds is 3. The van der Waals surface area contributed by atoms with Crippen LogP contribution < -0.4 is 0 Å². The van der Waals surface area contributed by atoms with Crippen molar-refractivity contribution in [1.29, 1.82) is 0 Å². The molecule has 5 nitrogen and oxygen atoms in total. The Kier molecular flexibility index (Phi) is 4.37. The Bertz CT molecular complexity index is 749. The Morgan fingerprint density at radius 3 is 2.63 bits per heavy atom. The molecule has 1 saturated heterocycles. The van der Waals surface area contributed by atoms with Gasteiger partial charge >= 0.3 is 5.97 Å². The number of halogens is 2. The standard InChI is InChI=1S/C20H28F2N2O3/c1-4-26-17(25)16-15(14-9-20(21,22)11-24(14)23-16)13-5-7-19(8-6-13)10-18(2,3)12-27-19/h13H,4-12H2,1-3H3. The summed E-state index contributed by atoms with van der Waals surface area (Å²) in [6.07, 6.45) is 4.12. The van der Waals surface area contributed by atoms with Gasteiger partial charge in [-0.1, -0.05) is 13.8 Å². The van der Waals surface area contributed by atoms with E-state index in [0.717, 1.165) is 38.7 Å². The van der Waals surface area contributed by atoms with Crippen molar-refractivity contribution in [2.24, 2.45) is 5.41 Å². The van der Waals surface area contributed by atoms with E-state index < -0.39 is 18.4 Å². The summed E-state index contributed by atoms with van der Waals surface area (Å²) in [7, 11) is 0. The van der Waals surface area contributed by atoms with E-state index in [9.17, 15) is 13.6 Å². The van der Waals surface area contributed by atoms with Crippen LogP contribution in [0.5, 0.6) is 0 Å². The van der Waals surface area contributed by atoms with Crippen LogP contribution in [0.15, 0.2) is 0 Å². The summed E-state index contributed by atoms with van der Waals surface area (Å²) < 4.78 is 40.5. The molecule has 0 unspecified atom stereocenters. The third-order valence-corrected chi connectivity index (χ3v) is 6.25. The third-order valence-electron chi connectivity index (χ3n) is 6.25. The second-order valence-electron chi connectivity index (χ2n) is 9.21. The summed E-state index contributed by atoms with van der Waals surface area (Å²) in [5, 5.41) is 4.22. The first kappa shape index (κ1) is 18.8. The van der Waals surface area contributed by atoms with Crippen molar-refractivity contribution in [3.63, 3.8) is 0 Å². The van der Waals surface area contributed by atoms with Crippen LogP contribution in [0.2, 0.25) is 0 Å². The minimum absolute atomic E-state index is 0.0555. The maximum atomic E-state index is 13.9. The van der Waals surface area contributed by atoms with Crippen LogP contribution in [-0.4, -0.2) is 40.5 Å². The van der Waals surface area contributed by atoms with Gasteiger partial charge in [-0.05, 0) is 50.4 Å². The van der Waals surface area contributed by atoms with Gasteiger partial charge in [-0.15, -0.1) is 0 Å². The average molecular weight is 382 g/mol. The third kappa shape index (κ3) is 3.39. The summed E-state index contributed by atoms with van der Waals surface area (Å²) in [6.45, 7) is 6.73. The van der Waals surface area contributed by atoms with Gasteiger partial charge < -0.3 is 9.47 Å². The van der Waals surface area contributed by atoms with Crippen molar-refractivity contribution in [2.75, 3.05) is 13.2 Å². The molecule has 0 aromatic carbocycles. The molecular weight excluding hydrogens is 354 g/mol. The molecule has 27 heavy (non-hydrogen) atoms. The highest BCUT2D eigenvalue weighted by molar-refractivity contribution is 5.89. The highest BCUT2D eigenvalue weighted by atomic mass is 19.3. The fourth-order valence-corrected chi connectivity index (χ4v) is 5.20. The van der Waals surface area contributed by atoms with Crippen LogP contribution in [0.3, 0.4) is 0 Å². The minimum atomic E-state index is -2.79. The zero-order chi connectivity index (χ0) is 19.4. The second-order valence-corrected chi connectivity index (χ2v) is 9.21. The quantitative estimate of drug-likeness (QED) is 0.739. The van der Waals surface area contributed by atoms with E-state index >= 15 is 0 Å². The zero-order valence-corrected chi connectivity index (χ0v) is 16.3. The van der Waals surface area contributed by atoms with Crippen molar-refractivity contribution in [2.45, 2.75) is 83.3 Å². The number of hydrogen-bond acceptors (Lipinski definition) is 4. The van der Waals surface area contributed by atoms with Gasteiger partial charge in [0.2, 0.25) is 0 Å². The van der Waals surface area contributed by atoms with Crippen LogP contribution in [0.25, 0.3) is 0 Å². The Labute approximate surface area is 158 Å². The van der Waals surface area contributed by atoms with E-state index in [1.54, 1.807) is 6.92 Å². The van der Waals surface area contributed by atoms with Crippen LogP contribution >= 0.6 is 0 Å². The largest absolute Gasteiger partial charge is 0.461 e.